The van der Waals surface area contributed by atoms with E-state index < -0.39 is 0 Å². The number of anilines is 1. The maximum atomic E-state index is 5.23. The highest BCUT2D eigenvalue weighted by molar-refractivity contribution is 9.10. The highest BCUT2D eigenvalue weighted by Gasteiger charge is 2.03. The Balaban J connectivity index is 1.89. The van der Waals surface area contributed by atoms with E-state index in [0.717, 1.165) is 23.4 Å². The van der Waals surface area contributed by atoms with Gasteiger partial charge in [-0.1, -0.05) is 41.9 Å². The van der Waals surface area contributed by atoms with Crippen LogP contribution in [0.15, 0.2) is 41.0 Å². The van der Waals surface area contributed by atoms with Gasteiger partial charge in [0.25, 0.3) is 0 Å². The van der Waals surface area contributed by atoms with Crippen LogP contribution in [-0.4, -0.2) is 21.4 Å². The van der Waals surface area contributed by atoms with Gasteiger partial charge in [0, 0.05) is 23.3 Å². The molecule has 1 aromatic heterocycles. The van der Waals surface area contributed by atoms with Gasteiger partial charge in [-0.3, -0.25) is 4.68 Å². The fourth-order valence-electron chi connectivity index (χ4n) is 1.75. The number of nitrogens with zero attached hydrogens (tertiary/aromatic N) is 2. The van der Waals surface area contributed by atoms with Crippen molar-refractivity contribution in [1.29, 1.82) is 0 Å². The van der Waals surface area contributed by atoms with E-state index in [1.54, 1.807) is 0 Å². The highest BCUT2D eigenvalue weighted by atomic mass is 79.9. The molecule has 1 heterocycles. The van der Waals surface area contributed by atoms with Crippen LogP contribution < -0.4 is 10.6 Å². The van der Waals surface area contributed by atoms with Crippen LogP contribution in [0.1, 0.15) is 19.4 Å². The maximum absolute atomic E-state index is 5.23. The van der Waals surface area contributed by atoms with Crippen molar-refractivity contribution >= 4 is 39.1 Å². The molecule has 0 aliphatic heterocycles. The van der Waals surface area contributed by atoms with Crippen molar-refractivity contribution in [2.24, 2.45) is 5.92 Å². The summed E-state index contributed by atoms with van der Waals surface area (Å²) in [5.74, 6) is 1.31. The number of thiocarbonyl (C=S) groups is 1. The van der Waals surface area contributed by atoms with E-state index in [9.17, 15) is 0 Å². The van der Waals surface area contributed by atoms with Gasteiger partial charge < -0.3 is 10.6 Å². The number of halogens is 1. The van der Waals surface area contributed by atoms with Crippen molar-refractivity contribution in [3.8, 4) is 0 Å². The summed E-state index contributed by atoms with van der Waals surface area (Å²) in [4.78, 5) is 0. The Morgan fingerprint density at radius 1 is 1.29 bits per heavy atom. The summed E-state index contributed by atoms with van der Waals surface area (Å²) >= 11 is 8.66. The fourth-order valence-corrected chi connectivity index (χ4v) is 2.20. The average molecular weight is 367 g/mol. The number of benzene rings is 1. The molecule has 2 aromatic rings. The maximum Gasteiger partial charge on any atom is 0.171 e. The van der Waals surface area contributed by atoms with Gasteiger partial charge in [-0.05, 0) is 35.8 Å². The number of hydrogen-bond donors (Lipinski definition) is 2. The minimum absolute atomic E-state index is 0.555. The summed E-state index contributed by atoms with van der Waals surface area (Å²) in [7, 11) is 0. The SMILES string of the molecule is CC(C)CNC(=S)Nc1ccn(Cc2ccc(Br)cc2)n1. The summed E-state index contributed by atoms with van der Waals surface area (Å²) in [5, 5.41) is 11.3. The standard InChI is InChI=1S/C15H19BrN4S/c1-11(2)9-17-15(21)18-14-7-8-20(19-14)10-12-3-5-13(16)6-4-12/h3-8,11H,9-10H2,1-2H3,(H2,17,18,19,21). The predicted octanol–water partition coefficient (Wildman–Crippen LogP) is 3.64. The third kappa shape index (κ3) is 5.47. The average Bonchev–Trinajstić information content (AvgIpc) is 2.86. The van der Waals surface area contributed by atoms with Gasteiger partial charge in [0.15, 0.2) is 10.9 Å². The first-order valence-corrected chi connectivity index (χ1v) is 8.06. The summed E-state index contributed by atoms with van der Waals surface area (Å²) < 4.78 is 2.96. The Morgan fingerprint density at radius 3 is 2.67 bits per heavy atom. The summed E-state index contributed by atoms with van der Waals surface area (Å²) in [6.45, 7) is 5.87. The van der Waals surface area contributed by atoms with Crippen LogP contribution in [0.5, 0.6) is 0 Å². The van der Waals surface area contributed by atoms with Crippen LogP contribution in [0.25, 0.3) is 0 Å². The third-order valence-corrected chi connectivity index (χ3v) is 3.59. The van der Waals surface area contributed by atoms with Crippen LogP contribution >= 0.6 is 28.1 Å². The molecule has 0 spiro atoms. The second-order valence-electron chi connectivity index (χ2n) is 5.25. The number of rotatable bonds is 5. The molecule has 4 nitrogen and oxygen atoms in total. The molecule has 0 saturated heterocycles. The van der Waals surface area contributed by atoms with Gasteiger partial charge in [0.1, 0.15) is 0 Å². The molecular formula is C15H19BrN4S. The smallest absolute Gasteiger partial charge is 0.171 e. The van der Waals surface area contributed by atoms with E-state index >= 15 is 0 Å². The van der Waals surface area contributed by atoms with Crippen LogP contribution in [0.2, 0.25) is 0 Å². The monoisotopic (exact) mass is 366 g/mol. The molecule has 6 heteroatoms. The van der Waals surface area contributed by atoms with Crippen molar-refractivity contribution in [3.05, 3.63) is 46.6 Å². The number of aromatic nitrogens is 2. The van der Waals surface area contributed by atoms with E-state index in [2.05, 4.69) is 57.6 Å². The van der Waals surface area contributed by atoms with E-state index in [1.807, 2.05) is 29.1 Å². The Bertz CT molecular complexity index is 592. The Labute approximate surface area is 139 Å². The van der Waals surface area contributed by atoms with Crippen molar-refractivity contribution in [1.82, 2.24) is 15.1 Å². The van der Waals surface area contributed by atoms with Crippen LogP contribution in [-0.2, 0) is 6.54 Å². The van der Waals surface area contributed by atoms with E-state index in [1.165, 1.54) is 5.56 Å². The molecule has 112 valence electrons. The minimum atomic E-state index is 0.555. The van der Waals surface area contributed by atoms with Crippen molar-refractivity contribution in [2.45, 2.75) is 20.4 Å². The molecule has 21 heavy (non-hydrogen) atoms. The molecule has 0 saturated carbocycles. The molecule has 1 aromatic carbocycles. The zero-order valence-corrected chi connectivity index (χ0v) is 14.5. The molecule has 0 fully saturated rings. The molecule has 0 bridgehead atoms. The lowest BCUT2D eigenvalue weighted by Gasteiger charge is -2.10. The van der Waals surface area contributed by atoms with Gasteiger partial charge in [-0.2, -0.15) is 5.10 Å². The quantitative estimate of drug-likeness (QED) is 0.792. The molecule has 2 rings (SSSR count). The first-order chi connectivity index (χ1) is 10.0. The van der Waals surface area contributed by atoms with Gasteiger partial charge in [-0.15, -0.1) is 0 Å². The van der Waals surface area contributed by atoms with Gasteiger partial charge in [-0.25, -0.2) is 0 Å². The van der Waals surface area contributed by atoms with Gasteiger partial charge in [0.2, 0.25) is 0 Å². The molecule has 0 aliphatic carbocycles. The van der Waals surface area contributed by atoms with Crippen molar-refractivity contribution in [3.63, 3.8) is 0 Å². The summed E-state index contributed by atoms with van der Waals surface area (Å²) in [6.07, 6.45) is 1.94. The fraction of sp³-hybridized carbons (Fsp3) is 0.333. The largest absolute Gasteiger partial charge is 0.362 e. The third-order valence-electron chi connectivity index (χ3n) is 2.81. The minimum Gasteiger partial charge on any atom is -0.362 e. The summed E-state index contributed by atoms with van der Waals surface area (Å²) in [5.41, 5.74) is 1.20. The Hall–Kier alpha value is -1.40. The lowest BCUT2D eigenvalue weighted by molar-refractivity contribution is 0.627. The Kier molecular flexibility index (Phi) is 5.76. The second kappa shape index (κ2) is 7.56. The number of hydrogen-bond acceptors (Lipinski definition) is 2. The Morgan fingerprint density at radius 2 is 2.00 bits per heavy atom. The van der Waals surface area contributed by atoms with E-state index in [-0.39, 0.29) is 0 Å². The normalized spacial score (nSPS) is 10.7. The first kappa shape index (κ1) is 16.0. The van der Waals surface area contributed by atoms with Gasteiger partial charge in [0.05, 0.1) is 6.54 Å². The predicted molar refractivity (Wildman–Crippen MR) is 94.5 cm³/mol. The summed E-state index contributed by atoms with van der Waals surface area (Å²) in [6, 6.07) is 10.1. The molecular weight excluding hydrogens is 348 g/mol. The zero-order valence-electron chi connectivity index (χ0n) is 12.1. The molecule has 0 atom stereocenters. The molecule has 0 amide bonds. The van der Waals surface area contributed by atoms with E-state index in [0.29, 0.717) is 11.0 Å². The number of nitrogens with one attached hydrogen (secondary N) is 2. The topological polar surface area (TPSA) is 41.9 Å². The van der Waals surface area contributed by atoms with Crippen LogP contribution in [0, 0.1) is 5.92 Å². The van der Waals surface area contributed by atoms with Crippen molar-refractivity contribution in [2.75, 3.05) is 11.9 Å². The molecule has 2 N–H and O–H groups in total. The second-order valence-corrected chi connectivity index (χ2v) is 6.58. The van der Waals surface area contributed by atoms with Crippen LogP contribution in [0.3, 0.4) is 0 Å². The molecule has 0 radical (unpaired) electrons. The van der Waals surface area contributed by atoms with Gasteiger partial charge >= 0.3 is 0 Å². The highest BCUT2D eigenvalue weighted by Crippen LogP contribution is 2.12. The lowest BCUT2D eigenvalue weighted by atomic mass is 10.2. The van der Waals surface area contributed by atoms with Crippen LogP contribution in [0.4, 0.5) is 5.82 Å². The zero-order chi connectivity index (χ0) is 15.2. The molecule has 0 unspecified atom stereocenters. The first-order valence-electron chi connectivity index (χ1n) is 6.85. The lowest BCUT2D eigenvalue weighted by Crippen LogP contribution is -2.31. The molecule has 0 aliphatic rings. The van der Waals surface area contributed by atoms with Crippen molar-refractivity contribution < 1.29 is 0 Å². The van der Waals surface area contributed by atoms with E-state index in [4.69, 9.17) is 12.2 Å².